The zero-order valence-corrected chi connectivity index (χ0v) is 8.11. The van der Waals surface area contributed by atoms with E-state index in [4.69, 9.17) is 0 Å². The van der Waals surface area contributed by atoms with Gasteiger partial charge in [0.15, 0.2) is 0 Å². The molecule has 0 aromatic rings. The number of nitrogens with one attached hydrogen (secondary N) is 1. The zero-order valence-electron chi connectivity index (χ0n) is 7.29. The van der Waals surface area contributed by atoms with Gasteiger partial charge in [0, 0.05) is 10.9 Å². The molecule has 1 atom stereocenters. The third kappa shape index (κ3) is 2.03. The fourth-order valence-corrected chi connectivity index (χ4v) is 1.72. The second-order valence-corrected chi connectivity index (χ2v) is 4.65. The molecule has 0 saturated carbocycles. The van der Waals surface area contributed by atoms with Gasteiger partial charge in [0.2, 0.25) is 0 Å². The van der Waals surface area contributed by atoms with E-state index >= 15 is 0 Å². The predicted molar refractivity (Wildman–Crippen MR) is 52.2 cm³/mol. The lowest BCUT2D eigenvalue weighted by Gasteiger charge is -2.27. The first-order valence-corrected chi connectivity index (χ1v) is 4.80. The molecule has 1 aliphatic heterocycles. The summed E-state index contributed by atoms with van der Waals surface area (Å²) in [5.41, 5.74) is 0. The summed E-state index contributed by atoms with van der Waals surface area (Å²) in [5.74, 6) is 0.660. The van der Waals surface area contributed by atoms with Crippen molar-refractivity contribution < 1.29 is 0 Å². The third-order valence-corrected chi connectivity index (χ3v) is 3.53. The highest BCUT2D eigenvalue weighted by molar-refractivity contribution is 8.03. The molecule has 0 fully saturated rings. The summed E-state index contributed by atoms with van der Waals surface area (Å²) in [4.78, 5) is 0. The van der Waals surface area contributed by atoms with Crippen LogP contribution in [-0.2, 0) is 0 Å². The van der Waals surface area contributed by atoms with Crippen LogP contribution < -0.4 is 5.32 Å². The Morgan fingerprint density at radius 2 is 2.09 bits per heavy atom. The molecule has 0 amide bonds. The molecule has 2 heteroatoms. The minimum absolute atomic E-state index is 0.250. The van der Waals surface area contributed by atoms with Crippen molar-refractivity contribution in [2.75, 3.05) is 0 Å². The Balaban J connectivity index is 2.75. The topological polar surface area (TPSA) is 12.0 Å². The highest BCUT2D eigenvalue weighted by Crippen LogP contribution is 2.35. The minimum Gasteiger partial charge on any atom is -0.367 e. The van der Waals surface area contributed by atoms with Crippen molar-refractivity contribution >= 4 is 11.8 Å². The molecule has 1 heterocycles. The molecule has 0 bridgehead atoms. The smallest absolute Gasteiger partial charge is 0.0392 e. The van der Waals surface area contributed by atoms with Crippen molar-refractivity contribution in [2.45, 2.75) is 25.5 Å². The Bertz CT molecular complexity index is 184. The van der Waals surface area contributed by atoms with E-state index in [1.807, 2.05) is 24.2 Å². The van der Waals surface area contributed by atoms with Gasteiger partial charge in [-0.05, 0) is 24.4 Å². The summed E-state index contributed by atoms with van der Waals surface area (Å²) in [6.45, 7) is 6.75. The fourth-order valence-electron chi connectivity index (χ4n) is 0.857. The molecule has 0 aromatic heterocycles. The molecule has 0 radical (unpaired) electrons. The first-order valence-electron chi connectivity index (χ1n) is 3.92. The lowest BCUT2D eigenvalue weighted by atomic mass is 9.97. The van der Waals surface area contributed by atoms with Crippen LogP contribution in [0.5, 0.6) is 0 Å². The summed E-state index contributed by atoms with van der Waals surface area (Å²) in [6, 6.07) is 0. The third-order valence-electron chi connectivity index (χ3n) is 2.14. The van der Waals surface area contributed by atoms with Crippen LogP contribution in [0.25, 0.3) is 0 Å². The molecule has 1 rings (SSSR count). The van der Waals surface area contributed by atoms with Gasteiger partial charge < -0.3 is 5.32 Å². The Morgan fingerprint density at radius 3 is 2.73 bits per heavy atom. The van der Waals surface area contributed by atoms with Crippen molar-refractivity contribution in [3.8, 4) is 0 Å². The lowest BCUT2D eigenvalue weighted by molar-refractivity contribution is 0.549. The van der Waals surface area contributed by atoms with Crippen LogP contribution >= 0.6 is 11.8 Å². The van der Waals surface area contributed by atoms with E-state index in [1.165, 1.54) is 0 Å². The summed E-state index contributed by atoms with van der Waals surface area (Å²) >= 11 is 1.86. The van der Waals surface area contributed by atoms with E-state index < -0.39 is 0 Å². The van der Waals surface area contributed by atoms with Crippen molar-refractivity contribution in [2.24, 2.45) is 5.92 Å². The van der Waals surface area contributed by atoms with Gasteiger partial charge in [-0.2, -0.15) is 0 Å². The van der Waals surface area contributed by atoms with Gasteiger partial charge in [0.25, 0.3) is 0 Å². The van der Waals surface area contributed by atoms with Gasteiger partial charge >= 0.3 is 0 Å². The zero-order chi connectivity index (χ0) is 8.32. The van der Waals surface area contributed by atoms with E-state index in [1.54, 1.807) is 0 Å². The first kappa shape index (κ1) is 8.72. The van der Waals surface area contributed by atoms with E-state index in [-0.39, 0.29) is 4.75 Å². The molecular formula is C9H15NS. The number of hydrogen-bond acceptors (Lipinski definition) is 2. The molecule has 1 unspecified atom stereocenters. The van der Waals surface area contributed by atoms with E-state index in [2.05, 4.69) is 37.6 Å². The van der Waals surface area contributed by atoms with E-state index in [0.717, 1.165) is 0 Å². The molecule has 62 valence electrons. The molecular weight excluding hydrogens is 154 g/mol. The summed E-state index contributed by atoms with van der Waals surface area (Å²) in [6.07, 6.45) is 6.20. The Morgan fingerprint density at radius 1 is 1.36 bits per heavy atom. The van der Waals surface area contributed by atoms with Gasteiger partial charge in [-0.15, -0.1) is 11.8 Å². The van der Waals surface area contributed by atoms with Gasteiger partial charge in [-0.1, -0.05) is 19.9 Å². The number of thioether (sulfide) groups is 1. The van der Waals surface area contributed by atoms with Crippen molar-refractivity contribution in [3.05, 3.63) is 23.9 Å². The fraction of sp³-hybridized carbons (Fsp3) is 0.556. The van der Waals surface area contributed by atoms with Crippen LogP contribution in [0.3, 0.4) is 0 Å². The van der Waals surface area contributed by atoms with Gasteiger partial charge in [-0.3, -0.25) is 0 Å². The maximum atomic E-state index is 3.08. The maximum absolute atomic E-state index is 3.08. The first-order chi connectivity index (χ1) is 5.15. The normalized spacial score (nSPS) is 30.2. The summed E-state index contributed by atoms with van der Waals surface area (Å²) in [7, 11) is 0. The monoisotopic (exact) mass is 169 g/mol. The number of hydrogen-bond donors (Lipinski definition) is 1. The SMILES string of the molecule is CC(C)C1(C)C=CNC=CS1. The lowest BCUT2D eigenvalue weighted by Crippen LogP contribution is -2.23. The molecule has 0 saturated heterocycles. The standard InChI is InChI=1S/C9H15NS/c1-8(2)9(3)4-5-10-6-7-11-9/h4-8,10H,1-3H3. The molecule has 11 heavy (non-hydrogen) atoms. The van der Waals surface area contributed by atoms with Crippen LogP contribution in [0.1, 0.15) is 20.8 Å². The Hall–Kier alpha value is -0.370. The van der Waals surface area contributed by atoms with Crippen molar-refractivity contribution in [1.82, 2.24) is 5.32 Å². The Kier molecular flexibility index (Phi) is 2.66. The van der Waals surface area contributed by atoms with Crippen LogP contribution in [-0.4, -0.2) is 4.75 Å². The maximum Gasteiger partial charge on any atom is 0.0392 e. The second-order valence-electron chi connectivity index (χ2n) is 3.26. The van der Waals surface area contributed by atoms with E-state index in [9.17, 15) is 0 Å². The average Bonchev–Trinajstić information content (AvgIpc) is 2.15. The predicted octanol–water partition coefficient (Wildman–Crippen LogP) is 2.72. The van der Waals surface area contributed by atoms with Crippen molar-refractivity contribution in [1.29, 1.82) is 0 Å². The minimum atomic E-state index is 0.250. The van der Waals surface area contributed by atoms with Crippen LogP contribution in [0, 0.1) is 5.92 Å². The van der Waals surface area contributed by atoms with Crippen molar-refractivity contribution in [3.63, 3.8) is 0 Å². The molecule has 1 aliphatic rings. The molecule has 0 aliphatic carbocycles. The van der Waals surface area contributed by atoms with E-state index in [0.29, 0.717) is 5.92 Å². The summed E-state index contributed by atoms with van der Waals surface area (Å²) < 4.78 is 0.250. The largest absolute Gasteiger partial charge is 0.367 e. The molecule has 1 nitrogen and oxygen atoms in total. The second kappa shape index (κ2) is 3.35. The van der Waals surface area contributed by atoms with Crippen LogP contribution in [0.15, 0.2) is 23.9 Å². The quantitative estimate of drug-likeness (QED) is 0.647. The average molecular weight is 169 g/mol. The summed E-state index contributed by atoms with van der Waals surface area (Å²) in [5, 5.41) is 5.19. The van der Waals surface area contributed by atoms with Gasteiger partial charge in [-0.25, -0.2) is 0 Å². The van der Waals surface area contributed by atoms with Crippen LogP contribution in [0.4, 0.5) is 0 Å². The van der Waals surface area contributed by atoms with Gasteiger partial charge in [0.1, 0.15) is 0 Å². The molecule has 1 N–H and O–H groups in total. The molecule has 0 aromatic carbocycles. The molecule has 0 spiro atoms. The highest BCUT2D eigenvalue weighted by Gasteiger charge is 2.25. The Labute approximate surface area is 72.9 Å². The number of rotatable bonds is 1. The van der Waals surface area contributed by atoms with Gasteiger partial charge in [0.05, 0.1) is 0 Å². The highest BCUT2D eigenvalue weighted by atomic mass is 32.2. The van der Waals surface area contributed by atoms with Crippen LogP contribution in [0.2, 0.25) is 0 Å².